The van der Waals surface area contributed by atoms with Crippen molar-refractivity contribution in [1.29, 1.82) is 0 Å². The smallest absolute Gasteiger partial charge is 0.122 e. The molecule has 0 fully saturated rings. The van der Waals surface area contributed by atoms with Crippen molar-refractivity contribution >= 4 is 6.08 Å². The van der Waals surface area contributed by atoms with Gasteiger partial charge in [0.1, 0.15) is 5.75 Å². The Morgan fingerprint density at radius 2 is 2.00 bits per heavy atom. The van der Waals surface area contributed by atoms with Crippen LogP contribution in [0.15, 0.2) is 18.2 Å². The van der Waals surface area contributed by atoms with Gasteiger partial charge < -0.3 is 4.74 Å². The third-order valence-electron chi connectivity index (χ3n) is 4.30. The summed E-state index contributed by atoms with van der Waals surface area (Å²) in [4.78, 5) is 0. The van der Waals surface area contributed by atoms with E-state index in [9.17, 15) is 0 Å². The summed E-state index contributed by atoms with van der Waals surface area (Å²) < 4.78 is 5.48. The van der Waals surface area contributed by atoms with Crippen molar-refractivity contribution in [3.8, 4) is 5.75 Å². The van der Waals surface area contributed by atoms with Crippen molar-refractivity contribution in [3.63, 3.8) is 0 Å². The molecular weight excluding hydrogens is 220 g/mol. The van der Waals surface area contributed by atoms with Gasteiger partial charge in [0.25, 0.3) is 0 Å². The molecule has 2 rings (SSSR count). The third-order valence-corrected chi connectivity index (χ3v) is 4.30. The van der Waals surface area contributed by atoms with Gasteiger partial charge in [-0.2, -0.15) is 0 Å². The predicted octanol–water partition coefficient (Wildman–Crippen LogP) is 4.72. The summed E-state index contributed by atoms with van der Waals surface area (Å²) in [6, 6.07) is 4.48. The van der Waals surface area contributed by atoms with E-state index in [0.717, 1.165) is 5.75 Å². The second kappa shape index (κ2) is 4.79. The Balaban J connectivity index is 2.51. The number of aryl methyl sites for hydroxylation is 1. The quantitative estimate of drug-likeness (QED) is 0.747. The number of ether oxygens (including phenoxy) is 1. The van der Waals surface area contributed by atoms with Gasteiger partial charge in [-0.1, -0.05) is 39.3 Å². The van der Waals surface area contributed by atoms with Crippen molar-refractivity contribution in [2.75, 3.05) is 7.11 Å². The Bertz CT molecular complexity index is 469. The van der Waals surface area contributed by atoms with Crippen LogP contribution in [0, 0.1) is 12.8 Å². The van der Waals surface area contributed by atoms with Crippen LogP contribution in [0.1, 0.15) is 50.3 Å². The Labute approximate surface area is 111 Å². The number of fused-ring (bicyclic) bond motifs is 1. The molecular formula is C17H24O. The van der Waals surface area contributed by atoms with E-state index in [4.69, 9.17) is 4.74 Å². The molecule has 98 valence electrons. The van der Waals surface area contributed by atoms with E-state index in [1.165, 1.54) is 29.5 Å². The average Bonchev–Trinajstić information content (AvgIpc) is 2.32. The van der Waals surface area contributed by atoms with E-state index in [0.29, 0.717) is 5.92 Å². The molecule has 18 heavy (non-hydrogen) atoms. The maximum atomic E-state index is 5.48. The molecule has 1 unspecified atom stereocenters. The highest BCUT2D eigenvalue weighted by Gasteiger charge is 2.33. The molecule has 1 atom stereocenters. The van der Waals surface area contributed by atoms with Crippen molar-refractivity contribution in [2.24, 2.45) is 5.92 Å². The van der Waals surface area contributed by atoms with Crippen molar-refractivity contribution < 1.29 is 4.74 Å². The van der Waals surface area contributed by atoms with Crippen LogP contribution in [-0.2, 0) is 5.41 Å². The molecule has 0 saturated carbocycles. The molecule has 0 bridgehead atoms. The van der Waals surface area contributed by atoms with Gasteiger partial charge in [-0.15, -0.1) is 0 Å². The first kappa shape index (κ1) is 13.2. The number of rotatable bonds is 3. The van der Waals surface area contributed by atoms with Gasteiger partial charge >= 0.3 is 0 Å². The molecule has 0 amide bonds. The number of benzene rings is 1. The Morgan fingerprint density at radius 3 is 2.61 bits per heavy atom. The standard InChI is InChI=1S/C17H24O/c1-6-7-14-9-8-13-10-12(2)16(18-5)11-15(13)17(14,3)4/h8-11,14H,6-7H2,1-5H3. The molecule has 0 radical (unpaired) electrons. The molecule has 0 spiro atoms. The zero-order valence-electron chi connectivity index (χ0n) is 12.2. The van der Waals surface area contributed by atoms with E-state index in [-0.39, 0.29) is 5.41 Å². The summed E-state index contributed by atoms with van der Waals surface area (Å²) in [6.45, 7) is 9.07. The van der Waals surface area contributed by atoms with Crippen LogP contribution in [0.3, 0.4) is 0 Å². The zero-order valence-corrected chi connectivity index (χ0v) is 12.2. The lowest BCUT2D eigenvalue weighted by atomic mass is 9.67. The maximum Gasteiger partial charge on any atom is 0.122 e. The summed E-state index contributed by atoms with van der Waals surface area (Å²) in [5.41, 5.74) is 4.18. The van der Waals surface area contributed by atoms with E-state index in [1.54, 1.807) is 7.11 Å². The Kier molecular flexibility index (Phi) is 3.52. The molecule has 1 aliphatic rings. The lowest BCUT2D eigenvalue weighted by Gasteiger charge is -2.37. The molecule has 1 nitrogen and oxygen atoms in total. The molecule has 0 saturated heterocycles. The fourth-order valence-electron chi connectivity index (χ4n) is 3.05. The molecule has 0 heterocycles. The van der Waals surface area contributed by atoms with Crippen molar-refractivity contribution in [2.45, 2.75) is 46.0 Å². The summed E-state index contributed by atoms with van der Waals surface area (Å²) in [5, 5.41) is 0. The van der Waals surface area contributed by atoms with Crippen molar-refractivity contribution in [1.82, 2.24) is 0 Å². The topological polar surface area (TPSA) is 9.23 Å². The normalized spacial score (nSPS) is 20.6. The van der Waals surface area contributed by atoms with Crippen LogP contribution in [0.4, 0.5) is 0 Å². The van der Waals surface area contributed by atoms with Gasteiger partial charge in [-0.05, 0) is 53.5 Å². The summed E-state index contributed by atoms with van der Waals surface area (Å²) >= 11 is 0. The first-order chi connectivity index (χ1) is 8.50. The number of methoxy groups -OCH3 is 1. The van der Waals surface area contributed by atoms with Crippen LogP contribution < -0.4 is 4.74 Å². The highest BCUT2D eigenvalue weighted by molar-refractivity contribution is 5.63. The summed E-state index contributed by atoms with van der Waals surface area (Å²) in [5.74, 6) is 1.63. The SMILES string of the molecule is CCCC1C=Cc2cc(C)c(OC)cc2C1(C)C. The van der Waals surface area contributed by atoms with Crippen LogP contribution in [0.2, 0.25) is 0 Å². The Hall–Kier alpha value is -1.24. The maximum absolute atomic E-state index is 5.48. The van der Waals surface area contributed by atoms with E-state index >= 15 is 0 Å². The fourth-order valence-corrected chi connectivity index (χ4v) is 3.05. The van der Waals surface area contributed by atoms with Gasteiger partial charge in [0.05, 0.1) is 7.11 Å². The highest BCUT2D eigenvalue weighted by atomic mass is 16.5. The second-order valence-electron chi connectivity index (χ2n) is 5.89. The van der Waals surface area contributed by atoms with Gasteiger partial charge in [0.15, 0.2) is 0 Å². The zero-order chi connectivity index (χ0) is 13.3. The molecule has 0 aliphatic heterocycles. The molecule has 1 aromatic carbocycles. The molecule has 0 aromatic heterocycles. The fraction of sp³-hybridized carbons (Fsp3) is 0.529. The minimum absolute atomic E-state index is 0.196. The van der Waals surface area contributed by atoms with E-state index in [2.05, 4.69) is 52.0 Å². The van der Waals surface area contributed by atoms with Crippen LogP contribution in [0.5, 0.6) is 5.75 Å². The second-order valence-corrected chi connectivity index (χ2v) is 5.89. The molecule has 1 aromatic rings. The third kappa shape index (κ3) is 2.07. The van der Waals surface area contributed by atoms with Gasteiger partial charge in [-0.3, -0.25) is 0 Å². The van der Waals surface area contributed by atoms with Crippen LogP contribution >= 0.6 is 0 Å². The van der Waals surface area contributed by atoms with E-state index < -0.39 is 0 Å². The number of hydrogen-bond acceptors (Lipinski definition) is 1. The predicted molar refractivity (Wildman–Crippen MR) is 78.2 cm³/mol. The molecule has 1 heteroatoms. The summed E-state index contributed by atoms with van der Waals surface area (Å²) in [7, 11) is 1.75. The molecule has 1 aliphatic carbocycles. The minimum Gasteiger partial charge on any atom is -0.496 e. The minimum atomic E-state index is 0.196. The molecule has 0 N–H and O–H groups in total. The Morgan fingerprint density at radius 1 is 1.28 bits per heavy atom. The van der Waals surface area contributed by atoms with Gasteiger partial charge in [0.2, 0.25) is 0 Å². The average molecular weight is 244 g/mol. The first-order valence-corrected chi connectivity index (χ1v) is 6.88. The van der Waals surface area contributed by atoms with Gasteiger partial charge in [-0.25, -0.2) is 0 Å². The summed E-state index contributed by atoms with van der Waals surface area (Å²) in [6.07, 6.45) is 7.15. The number of allylic oxidation sites excluding steroid dienone is 1. The first-order valence-electron chi connectivity index (χ1n) is 6.88. The van der Waals surface area contributed by atoms with Crippen LogP contribution in [0.25, 0.3) is 6.08 Å². The van der Waals surface area contributed by atoms with Crippen molar-refractivity contribution in [3.05, 3.63) is 34.9 Å². The largest absolute Gasteiger partial charge is 0.496 e. The lowest BCUT2D eigenvalue weighted by molar-refractivity contribution is 0.351. The van der Waals surface area contributed by atoms with Crippen LogP contribution in [-0.4, -0.2) is 7.11 Å². The monoisotopic (exact) mass is 244 g/mol. The lowest BCUT2D eigenvalue weighted by Crippen LogP contribution is -2.30. The van der Waals surface area contributed by atoms with E-state index in [1.807, 2.05) is 0 Å². The van der Waals surface area contributed by atoms with Gasteiger partial charge in [0, 0.05) is 0 Å². The number of hydrogen-bond donors (Lipinski definition) is 0. The highest BCUT2D eigenvalue weighted by Crippen LogP contribution is 2.43.